The van der Waals surface area contributed by atoms with Gasteiger partial charge in [-0.3, -0.25) is 19.2 Å². The lowest BCUT2D eigenvalue weighted by atomic mass is 9.54. The van der Waals surface area contributed by atoms with Gasteiger partial charge in [0, 0.05) is 39.0 Å². The first-order valence-electron chi connectivity index (χ1n) is 22.9. The average Bonchev–Trinajstić information content (AvgIpc) is 3.34. The van der Waals surface area contributed by atoms with Gasteiger partial charge >= 0.3 is 11.9 Å². The lowest BCUT2D eigenvalue weighted by molar-refractivity contribution is -0.187. The van der Waals surface area contributed by atoms with Gasteiger partial charge in [-0.2, -0.15) is 0 Å². The van der Waals surface area contributed by atoms with Gasteiger partial charge in [0.05, 0.1) is 11.8 Å². The van der Waals surface area contributed by atoms with E-state index in [9.17, 15) is 19.2 Å². The van der Waals surface area contributed by atoms with E-state index in [-0.39, 0.29) is 37.9 Å². The first kappa shape index (κ1) is 46.8. The van der Waals surface area contributed by atoms with Crippen LogP contribution in [0.2, 0.25) is 0 Å². The minimum Gasteiger partial charge on any atom is -0.461 e. The fourth-order valence-electron chi connectivity index (χ4n) is 8.57. The highest BCUT2D eigenvalue weighted by Gasteiger charge is 2.59. The lowest BCUT2D eigenvalue weighted by Crippen LogP contribution is -2.57. The molecule has 1 aliphatic carbocycles. The van der Waals surface area contributed by atoms with Crippen molar-refractivity contribution in [1.82, 2.24) is 9.80 Å². The van der Waals surface area contributed by atoms with Gasteiger partial charge < -0.3 is 28.7 Å². The Morgan fingerprint density at radius 1 is 0.409 bits per heavy atom. The number of hydrogen-bond acceptors (Lipinski definition) is 8. The molecule has 0 heterocycles. The maximum absolute atomic E-state index is 14.6. The van der Waals surface area contributed by atoms with Crippen molar-refractivity contribution in [2.75, 3.05) is 13.1 Å². The molecule has 0 radical (unpaired) electrons. The fraction of sp³-hybridized carbons (Fsp3) is 0.286. The Kier molecular flexibility index (Phi) is 16.8. The molecule has 6 aromatic carbocycles. The van der Waals surface area contributed by atoms with E-state index in [0.717, 1.165) is 33.8 Å². The number of amides is 2. The summed E-state index contributed by atoms with van der Waals surface area (Å²) in [6.45, 7) is 5.63. The predicted molar refractivity (Wildman–Crippen MR) is 253 cm³/mol. The second-order valence-corrected chi connectivity index (χ2v) is 16.7. The molecule has 1 aliphatic rings. The molecule has 0 spiro atoms. The van der Waals surface area contributed by atoms with Gasteiger partial charge in [-0.15, -0.1) is 0 Å². The number of esters is 2. The van der Waals surface area contributed by atoms with Crippen LogP contribution >= 0.6 is 0 Å². The van der Waals surface area contributed by atoms with E-state index in [0.29, 0.717) is 50.5 Å². The highest BCUT2D eigenvalue weighted by Crippen LogP contribution is 2.52. The van der Waals surface area contributed by atoms with E-state index in [1.165, 1.54) is 0 Å². The van der Waals surface area contributed by atoms with Crippen molar-refractivity contribution in [3.63, 3.8) is 0 Å². The van der Waals surface area contributed by atoms with Crippen LogP contribution < -0.4 is 9.47 Å². The van der Waals surface area contributed by atoms with E-state index in [2.05, 4.69) is 0 Å². The third kappa shape index (κ3) is 13.0. The molecule has 340 valence electrons. The lowest BCUT2D eigenvalue weighted by Gasteiger charge is -2.49. The molecule has 0 N–H and O–H groups in total. The number of carbonyl (C=O) groups excluding carboxylic acids is 4. The molecule has 4 unspecified atom stereocenters. The third-order valence-corrected chi connectivity index (χ3v) is 11.9. The van der Waals surface area contributed by atoms with Crippen molar-refractivity contribution in [3.05, 3.63) is 192 Å². The summed E-state index contributed by atoms with van der Waals surface area (Å²) in [5.74, 6) is -2.10. The van der Waals surface area contributed by atoms with Gasteiger partial charge in [-0.05, 0) is 95.5 Å². The van der Waals surface area contributed by atoms with Crippen molar-refractivity contribution in [2.24, 2.45) is 23.7 Å². The first-order chi connectivity index (χ1) is 32.3. The maximum atomic E-state index is 14.6. The van der Waals surface area contributed by atoms with Crippen LogP contribution in [0.3, 0.4) is 0 Å². The Balaban J connectivity index is 1.13. The largest absolute Gasteiger partial charge is 0.461 e. The van der Waals surface area contributed by atoms with Gasteiger partial charge in [-0.25, -0.2) is 0 Å². The number of rotatable bonds is 22. The zero-order valence-electron chi connectivity index (χ0n) is 37.7. The zero-order chi connectivity index (χ0) is 46.1. The van der Waals surface area contributed by atoms with Gasteiger partial charge in [0.15, 0.2) is 0 Å². The van der Waals surface area contributed by atoms with Crippen molar-refractivity contribution < 1.29 is 38.1 Å². The summed E-state index contributed by atoms with van der Waals surface area (Å²) in [6, 6.07) is 53.0. The molecule has 4 atom stereocenters. The summed E-state index contributed by atoms with van der Waals surface area (Å²) in [5.41, 5.74) is 3.40. The van der Waals surface area contributed by atoms with E-state index in [4.69, 9.17) is 18.9 Å². The molecule has 1 saturated carbocycles. The van der Waals surface area contributed by atoms with E-state index < -0.39 is 35.6 Å². The van der Waals surface area contributed by atoms with Crippen LogP contribution in [0.25, 0.3) is 0 Å². The molecule has 10 nitrogen and oxygen atoms in total. The van der Waals surface area contributed by atoms with Crippen LogP contribution in [0.1, 0.15) is 61.8 Å². The second kappa shape index (κ2) is 23.6. The summed E-state index contributed by atoms with van der Waals surface area (Å²) >= 11 is 0. The number of ether oxygens (including phenoxy) is 4. The topological polar surface area (TPSA) is 112 Å². The quantitative estimate of drug-likeness (QED) is 0.0620. The minimum atomic E-state index is -1.01. The Bertz CT molecular complexity index is 2280. The second-order valence-electron chi connectivity index (χ2n) is 16.7. The van der Waals surface area contributed by atoms with Gasteiger partial charge in [0.25, 0.3) is 0 Å². The minimum absolute atomic E-state index is 0.00236. The van der Waals surface area contributed by atoms with Crippen LogP contribution in [0.5, 0.6) is 23.0 Å². The van der Waals surface area contributed by atoms with E-state index in [1.807, 2.05) is 184 Å². The molecule has 0 saturated heterocycles. The number of carbonyl (C=O) groups is 4. The standard InChI is InChI=1S/C56H58N2O8/c1-3-33-57(37-41-25-29-47(30-26-41)65-45-21-13-7-14-22-45)51(59)35-49-50(36-52(60)58(34-4-2)38-42-27-31-48(32-28-42)66-46-23-15-8-16-24-46)54(56(62)64-40-44-19-11-6-12-20-44)53(49)55(61)63-39-43-17-9-5-10-18-43/h5-32,49-50,53-54H,3-4,33-40H2,1-2H3. The summed E-state index contributed by atoms with van der Waals surface area (Å²) < 4.78 is 23.8. The number of nitrogens with zero attached hydrogens (tertiary/aromatic N) is 2. The van der Waals surface area contributed by atoms with Gasteiger partial charge in [0.2, 0.25) is 11.8 Å². The predicted octanol–water partition coefficient (Wildman–Crippen LogP) is 11.2. The van der Waals surface area contributed by atoms with Crippen LogP contribution in [-0.2, 0) is 55.0 Å². The summed E-state index contributed by atoms with van der Waals surface area (Å²) in [4.78, 5) is 61.3. The van der Waals surface area contributed by atoms with E-state index in [1.54, 1.807) is 9.80 Å². The highest BCUT2D eigenvalue weighted by atomic mass is 16.5. The Hall–Kier alpha value is -7.20. The van der Waals surface area contributed by atoms with Crippen LogP contribution in [-0.4, -0.2) is 46.6 Å². The first-order valence-corrected chi connectivity index (χ1v) is 22.9. The van der Waals surface area contributed by atoms with Gasteiger partial charge in [-0.1, -0.05) is 135 Å². The molecule has 0 bridgehead atoms. The molecule has 6 aromatic rings. The number of hydrogen-bond donors (Lipinski definition) is 0. The van der Waals surface area contributed by atoms with E-state index >= 15 is 0 Å². The Morgan fingerprint density at radius 2 is 0.727 bits per heavy atom. The maximum Gasteiger partial charge on any atom is 0.310 e. The highest BCUT2D eigenvalue weighted by molar-refractivity contribution is 5.88. The Labute approximate surface area is 388 Å². The van der Waals surface area contributed by atoms with Crippen molar-refractivity contribution in [3.8, 4) is 23.0 Å². The molecule has 0 aliphatic heterocycles. The van der Waals surface area contributed by atoms with Crippen LogP contribution in [0.4, 0.5) is 0 Å². The molecule has 0 aromatic heterocycles. The third-order valence-electron chi connectivity index (χ3n) is 11.9. The summed E-state index contributed by atoms with van der Waals surface area (Å²) in [5, 5.41) is 0. The summed E-state index contributed by atoms with van der Waals surface area (Å²) in [6.07, 6.45) is 1.29. The average molecular weight is 887 g/mol. The fourth-order valence-corrected chi connectivity index (χ4v) is 8.57. The number of para-hydroxylation sites is 2. The zero-order valence-corrected chi connectivity index (χ0v) is 37.7. The van der Waals surface area contributed by atoms with Crippen molar-refractivity contribution in [1.29, 1.82) is 0 Å². The molecular weight excluding hydrogens is 829 g/mol. The van der Waals surface area contributed by atoms with Crippen LogP contribution in [0.15, 0.2) is 170 Å². The summed E-state index contributed by atoms with van der Waals surface area (Å²) in [7, 11) is 0. The SMILES string of the molecule is CCCN(Cc1ccc(Oc2ccccc2)cc1)C(=O)CC1C(CC(=O)N(CCC)Cc2ccc(Oc3ccccc3)cc2)C(C(=O)OCc2ccccc2)C1C(=O)OCc1ccccc1. The van der Waals surface area contributed by atoms with Crippen LogP contribution in [0, 0.1) is 23.7 Å². The molecule has 1 fully saturated rings. The van der Waals surface area contributed by atoms with Crippen molar-refractivity contribution >= 4 is 23.8 Å². The molecular formula is C56H58N2O8. The smallest absolute Gasteiger partial charge is 0.310 e. The molecule has 2 amide bonds. The molecule has 66 heavy (non-hydrogen) atoms. The Morgan fingerprint density at radius 3 is 1.06 bits per heavy atom. The van der Waals surface area contributed by atoms with Gasteiger partial charge in [0.1, 0.15) is 36.2 Å². The van der Waals surface area contributed by atoms with Crippen molar-refractivity contribution in [2.45, 2.75) is 65.8 Å². The normalized spacial score (nSPS) is 16.3. The molecule has 10 heteroatoms. The number of benzene rings is 6. The monoisotopic (exact) mass is 886 g/mol. The molecule has 7 rings (SSSR count).